The maximum Gasteiger partial charge on any atom is 0.273 e. The van der Waals surface area contributed by atoms with Crippen molar-refractivity contribution in [2.24, 2.45) is 11.7 Å². The van der Waals surface area contributed by atoms with Crippen LogP contribution in [-0.4, -0.2) is 33.7 Å². The number of hydrogen-bond donors (Lipinski definition) is 4. The van der Waals surface area contributed by atoms with Crippen LogP contribution in [-0.2, 0) is 4.79 Å². The van der Waals surface area contributed by atoms with Gasteiger partial charge < -0.3 is 21.9 Å². The number of aromatic hydroxyl groups is 1. The molecule has 10 heteroatoms. The second-order valence-electron chi connectivity index (χ2n) is 9.05. The number of aromatic nitrogens is 1. The van der Waals surface area contributed by atoms with Crippen molar-refractivity contribution in [3.05, 3.63) is 69.7 Å². The van der Waals surface area contributed by atoms with Gasteiger partial charge in [-0.15, -0.1) is 0 Å². The smallest absolute Gasteiger partial charge is 0.273 e. The van der Waals surface area contributed by atoms with Crippen molar-refractivity contribution in [3.8, 4) is 5.75 Å². The zero-order chi connectivity index (χ0) is 26.6. The van der Waals surface area contributed by atoms with Crippen molar-refractivity contribution in [1.29, 1.82) is 0 Å². The summed E-state index contributed by atoms with van der Waals surface area (Å²) < 4.78 is 3.96. The van der Waals surface area contributed by atoms with Gasteiger partial charge in [-0.1, -0.05) is 32.0 Å². The first-order chi connectivity index (χ1) is 17.0. The van der Waals surface area contributed by atoms with Crippen LogP contribution in [0.25, 0.3) is 0 Å². The summed E-state index contributed by atoms with van der Waals surface area (Å²) in [4.78, 5) is 40.7. The Morgan fingerprint density at radius 3 is 2.31 bits per heavy atom. The summed E-state index contributed by atoms with van der Waals surface area (Å²) >= 11 is 0.753. The van der Waals surface area contributed by atoms with Crippen molar-refractivity contribution >= 4 is 40.6 Å². The van der Waals surface area contributed by atoms with Gasteiger partial charge >= 0.3 is 0 Å². The van der Waals surface area contributed by atoms with Crippen molar-refractivity contribution in [1.82, 2.24) is 9.69 Å². The number of nitrogens with two attached hydrogens (primary N) is 2. The molecule has 36 heavy (non-hydrogen) atoms. The van der Waals surface area contributed by atoms with Gasteiger partial charge in [0.25, 0.3) is 11.8 Å². The van der Waals surface area contributed by atoms with Crippen LogP contribution in [0.5, 0.6) is 5.75 Å². The van der Waals surface area contributed by atoms with E-state index < -0.39 is 23.8 Å². The number of carbonyl (C=O) groups is 3. The standard InChI is InChI=1S/C26H31N5O4S/c1-14(2)11-12-29-25(34)22(17-6-9-19(32)10-7-17)31(18-8-5-15(3)16(4)13-18)26(35)23-20(27)21(24(28)33)30-36-23/h5-10,13-14,22,32H,11-12,27H2,1-4H3,(H2,28,33)(H,29,34)/t22-/m1/s1. The summed E-state index contributed by atoms with van der Waals surface area (Å²) in [5, 5.41) is 12.8. The summed E-state index contributed by atoms with van der Waals surface area (Å²) in [5.74, 6) is -1.44. The molecule has 0 aliphatic carbocycles. The molecule has 2 aromatic carbocycles. The third kappa shape index (κ3) is 5.83. The summed E-state index contributed by atoms with van der Waals surface area (Å²) in [7, 11) is 0. The monoisotopic (exact) mass is 509 g/mol. The minimum Gasteiger partial charge on any atom is -0.508 e. The van der Waals surface area contributed by atoms with Crippen LogP contribution >= 0.6 is 11.5 Å². The second kappa shape index (κ2) is 11.2. The topological polar surface area (TPSA) is 152 Å². The Labute approximate surface area is 214 Å². The molecule has 0 fully saturated rings. The van der Waals surface area contributed by atoms with E-state index in [1.165, 1.54) is 17.0 Å². The molecule has 0 unspecified atom stereocenters. The zero-order valence-electron chi connectivity index (χ0n) is 20.7. The molecule has 0 saturated heterocycles. The van der Waals surface area contributed by atoms with E-state index >= 15 is 0 Å². The largest absolute Gasteiger partial charge is 0.508 e. The lowest BCUT2D eigenvalue weighted by molar-refractivity contribution is -0.122. The highest BCUT2D eigenvalue weighted by molar-refractivity contribution is 7.09. The van der Waals surface area contributed by atoms with Gasteiger partial charge in [0.1, 0.15) is 16.7 Å². The number of primary amides is 1. The van der Waals surface area contributed by atoms with Crippen LogP contribution in [0.3, 0.4) is 0 Å². The van der Waals surface area contributed by atoms with Crippen LogP contribution in [0.15, 0.2) is 42.5 Å². The van der Waals surface area contributed by atoms with Crippen molar-refractivity contribution in [2.45, 2.75) is 40.2 Å². The highest BCUT2D eigenvalue weighted by Crippen LogP contribution is 2.34. The van der Waals surface area contributed by atoms with Crippen LogP contribution < -0.4 is 21.7 Å². The number of nitrogen functional groups attached to an aromatic ring is 1. The fourth-order valence-corrected chi connectivity index (χ4v) is 4.39. The lowest BCUT2D eigenvalue weighted by Gasteiger charge is -2.32. The maximum absolute atomic E-state index is 14.0. The number of hydrogen-bond acceptors (Lipinski definition) is 7. The van der Waals surface area contributed by atoms with Gasteiger partial charge in [-0.3, -0.25) is 19.3 Å². The molecule has 190 valence electrons. The SMILES string of the molecule is Cc1ccc(N(C(=O)c2snc(C(N)=O)c2N)[C@@H](C(=O)NCCC(C)C)c2ccc(O)cc2)cc1C. The van der Waals surface area contributed by atoms with Gasteiger partial charge in [0.05, 0.1) is 5.69 Å². The molecule has 9 nitrogen and oxygen atoms in total. The van der Waals surface area contributed by atoms with Crippen LogP contribution in [0, 0.1) is 19.8 Å². The number of nitrogens with one attached hydrogen (secondary N) is 1. The molecule has 0 spiro atoms. The number of carbonyl (C=O) groups excluding carboxylic acids is 3. The minimum absolute atomic E-state index is 0.000729. The van der Waals surface area contributed by atoms with E-state index in [0.717, 1.165) is 29.1 Å². The van der Waals surface area contributed by atoms with Crippen molar-refractivity contribution < 1.29 is 19.5 Å². The van der Waals surface area contributed by atoms with E-state index in [1.54, 1.807) is 18.2 Å². The first-order valence-corrected chi connectivity index (χ1v) is 12.3. The molecule has 1 heterocycles. The van der Waals surface area contributed by atoms with E-state index in [9.17, 15) is 19.5 Å². The summed E-state index contributed by atoms with van der Waals surface area (Å²) in [5.41, 5.74) is 14.0. The van der Waals surface area contributed by atoms with Gasteiger partial charge in [0, 0.05) is 12.2 Å². The lowest BCUT2D eigenvalue weighted by atomic mass is 10.0. The quantitative estimate of drug-likeness (QED) is 0.345. The Bertz CT molecular complexity index is 1270. The fraction of sp³-hybridized carbons (Fsp3) is 0.308. The van der Waals surface area contributed by atoms with Gasteiger partial charge in [-0.25, -0.2) is 0 Å². The highest BCUT2D eigenvalue weighted by Gasteiger charge is 2.36. The molecule has 0 saturated carbocycles. The Kier molecular flexibility index (Phi) is 8.31. The van der Waals surface area contributed by atoms with E-state index in [1.807, 2.05) is 26.0 Å². The number of anilines is 2. The number of benzene rings is 2. The molecular weight excluding hydrogens is 478 g/mol. The number of phenols is 1. The number of phenolic OH excluding ortho intramolecular Hbond substituents is 1. The third-order valence-corrected chi connectivity index (χ3v) is 6.73. The number of nitrogens with zero attached hydrogens (tertiary/aromatic N) is 2. The second-order valence-corrected chi connectivity index (χ2v) is 9.82. The highest BCUT2D eigenvalue weighted by atomic mass is 32.1. The molecule has 3 rings (SSSR count). The maximum atomic E-state index is 14.0. The molecule has 0 radical (unpaired) electrons. The number of rotatable bonds is 9. The van der Waals surface area contributed by atoms with Crippen molar-refractivity contribution in [3.63, 3.8) is 0 Å². The normalized spacial score (nSPS) is 11.8. The molecule has 0 bridgehead atoms. The Morgan fingerprint density at radius 1 is 1.08 bits per heavy atom. The molecule has 1 aromatic heterocycles. The van der Waals surface area contributed by atoms with Crippen LogP contribution in [0.4, 0.5) is 11.4 Å². The molecule has 6 N–H and O–H groups in total. The average Bonchev–Trinajstić information content (AvgIpc) is 3.21. The van der Waals surface area contributed by atoms with E-state index in [2.05, 4.69) is 23.5 Å². The Morgan fingerprint density at radius 2 is 1.75 bits per heavy atom. The summed E-state index contributed by atoms with van der Waals surface area (Å²) in [6.07, 6.45) is 0.759. The zero-order valence-corrected chi connectivity index (χ0v) is 21.6. The fourth-order valence-electron chi connectivity index (χ4n) is 3.65. The van der Waals surface area contributed by atoms with E-state index in [0.29, 0.717) is 23.7 Å². The van der Waals surface area contributed by atoms with Crippen LogP contribution in [0.2, 0.25) is 0 Å². The van der Waals surface area contributed by atoms with Crippen molar-refractivity contribution in [2.75, 3.05) is 17.2 Å². The van der Waals surface area contributed by atoms with Crippen LogP contribution in [0.1, 0.15) is 63.2 Å². The van der Waals surface area contributed by atoms with Gasteiger partial charge in [-0.2, -0.15) is 4.37 Å². The molecule has 1 atom stereocenters. The average molecular weight is 510 g/mol. The minimum atomic E-state index is -1.09. The molecule has 0 aliphatic heterocycles. The van der Waals surface area contributed by atoms with Gasteiger partial charge in [0.15, 0.2) is 5.69 Å². The van der Waals surface area contributed by atoms with Gasteiger partial charge in [-0.05, 0) is 78.7 Å². The first kappa shape index (κ1) is 26.7. The number of aryl methyl sites for hydroxylation is 2. The Balaban J connectivity index is 2.18. The summed E-state index contributed by atoms with van der Waals surface area (Å²) in [6.45, 7) is 8.39. The number of amides is 3. The first-order valence-electron chi connectivity index (χ1n) is 11.5. The summed E-state index contributed by atoms with van der Waals surface area (Å²) in [6, 6.07) is 10.4. The third-order valence-electron chi connectivity index (χ3n) is 5.88. The molecule has 3 aromatic rings. The van der Waals surface area contributed by atoms with E-state index in [-0.39, 0.29) is 22.0 Å². The van der Waals surface area contributed by atoms with E-state index in [4.69, 9.17) is 11.5 Å². The molecule has 3 amide bonds. The Hall–Kier alpha value is -3.92. The lowest BCUT2D eigenvalue weighted by Crippen LogP contribution is -2.44. The van der Waals surface area contributed by atoms with Gasteiger partial charge in [0.2, 0.25) is 5.91 Å². The molecular formula is C26H31N5O4S. The predicted octanol–water partition coefficient (Wildman–Crippen LogP) is 3.70. The predicted molar refractivity (Wildman–Crippen MR) is 141 cm³/mol. The molecule has 0 aliphatic rings.